The van der Waals surface area contributed by atoms with Crippen molar-refractivity contribution in [1.29, 1.82) is 0 Å². The van der Waals surface area contributed by atoms with Crippen LogP contribution in [0, 0.1) is 17.3 Å². The Kier molecular flexibility index (Phi) is 2.98. The molecule has 0 spiro atoms. The van der Waals surface area contributed by atoms with Gasteiger partial charge in [0.05, 0.1) is 12.0 Å². The minimum Gasteiger partial charge on any atom is -0.493 e. The normalized spacial score (nSPS) is 37.0. The van der Waals surface area contributed by atoms with Gasteiger partial charge < -0.3 is 9.84 Å². The molecular formula is C18H22O3. The smallest absolute Gasteiger partial charge is 0.309 e. The molecule has 0 aromatic heterocycles. The number of carbonyl (C=O) groups is 1. The number of aliphatic carboxylic acids is 1. The van der Waals surface area contributed by atoms with Crippen LogP contribution < -0.4 is 4.74 Å². The van der Waals surface area contributed by atoms with Crippen LogP contribution in [0.4, 0.5) is 0 Å². The first kappa shape index (κ1) is 13.2. The lowest BCUT2D eigenvalue weighted by Crippen LogP contribution is -2.38. The van der Waals surface area contributed by atoms with Crippen molar-refractivity contribution in [2.24, 2.45) is 17.3 Å². The third-order valence-corrected chi connectivity index (χ3v) is 6.09. The number of rotatable bonds is 3. The highest BCUT2D eigenvalue weighted by atomic mass is 16.5. The first-order chi connectivity index (χ1) is 10.2. The summed E-state index contributed by atoms with van der Waals surface area (Å²) in [4.78, 5) is 12.1. The summed E-state index contributed by atoms with van der Waals surface area (Å²) in [6.45, 7) is 0.714. The lowest BCUT2D eigenvalue weighted by atomic mass is 9.66. The maximum absolute atomic E-state index is 12.1. The number of carboxylic acid groups (broad SMARTS) is 1. The second-order valence-electron chi connectivity index (χ2n) is 7.12. The molecule has 1 aromatic rings. The summed E-state index contributed by atoms with van der Waals surface area (Å²) in [5.74, 6) is 1.79. The zero-order valence-corrected chi connectivity index (χ0v) is 12.3. The van der Waals surface area contributed by atoms with E-state index >= 15 is 0 Å². The van der Waals surface area contributed by atoms with E-state index in [1.54, 1.807) is 0 Å². The van der Waals surface area contributed by atoms with Gasteiger partial charge in [0.1, 0.15) is 5.75 Å². The van der Waals surface area contributed by atoms with Gasteiger partial charge in [0, 0.05) is 0 Å². The van der Waals surface area contributed by atoms with Crippen LogP contribution in [0.2, 0.25) is 0 Å². The number of benzene rings is 1. The summed E-state index contributed by atoms with van der Waals surface area (Å²) in [5, 5.41) is 9.93. The number of hydrogen-bond donors (Lipinski definition) is 1. The van der Waals surface area contributed by atoms with Crippen LogP contribution >= 0.6 is 0 Å². The van der Waals surface area contributed by atoms with Crippen molar-refractivity contribution >= 4 is 5.97 Å². The molecule has 3 aliphatic rings. The summed E-state index contributed by atoms with van der Waals surface area (Å²) in [5.41, 5.74) is 0.741. The Balaban J connectivity index is 1.65. The minimum atomic E-state index is -0.557. The summed E-state index contributed by atoms with van der Waals surface area (Å²) < 4.78 is 5.73. The summed E-state index contributed by atoms with van der Waals surface area (Å²) in [6.07, 6.45) is 6.13. The topological polar surface area (TPSA) is 46.5 Å². The second-order valence-corrected chi connectivity index (χ2v) is 7.12. The first-order valence-corrected chi connectivity index (χ1v) is 8.14. The highest BCUT2D eigenvalue weighted by Crippen LogP contribution is 2.60. The van der Waals surface area contributed by atoms with Gasteiger partial charge >= 0.3 is 5.97 Å². The van der Waals surface area contributed by atoms with Gasteiger partial charge in [0.2, 0.25) is 0 Å². The number of fused-ring (bicyclic) bond motifs is 3. The van der Waals surface area contributed by atoms with E-state index in [1.807, 2.05) is 18.2 Å². The van der Waals surface area contributed by atoms with E-state index in [4.69, 9.17) is 4.74 Å². The van der Waals surface area contributed by atoms with Gasteiger partial charge in [-0.15, -0.1) is 0 Å². The van der Waals surface area contributed by atoms with Crippen molar-refractivity contribution in [3.63, 3.8) is 0 Å². The molecular weight excluding hydrogens is 264 g/mol. The maximum atomic E-state index is 12.1. The predicted molar refractivity (Wildman–Crippen MR) is 79.4 cm³/mol. The summed E-state index contributed by atoms with van der Waals surface area (Å²) >= 11 is 0. The van der Waals surface area contributed by atoms with Crippen molar-refractivity contribution in [2.75, 3.05) is 6.61 Å². The predicted octanol–water partition coefficient (Wildman–Crippen LogP) is 3.83. The molecule has 1 heterocycles. The fourth-order valence-corrected chi connectivity index (χ4v) is 5.11. The quantitative estimate of drug-likeness (QED) is 0.918. The molecule has 4 atom stereocenters. The molecule has 2 bridgehead atoms. The number of ether oxygens (including phenoxy) is 1. The van der Waals surface area contributed by atoms with Gasteiger partial charge in [-0.05, 0) is 61.5 Å². The molecule has 2 saturated carbocycles. The molecule has 3 heteroatoms. The molecule has 1 N–H and O–H groups in total. The molecule has 0 saturated heterocycles. The highest BCUT2D eigenvalue weighted by molar-refractivity contribution is 5.76. The van der Waals surface area contributed by atoms with Crippen molar-refractivity contribution in [2.45, 2.75) is 44.4 Å². The van der Waals surface area contributed by atoms with E-state index in [2.05, 4.69) is 6.07 Å². The van der Waals surface area contributed by atoms with Crippen molar-refractivity contribution < 1.29 is 14.6 Å². The van der Waals surface area contributed by atoms with Crippen LogP contribution in [0.3, 0.4) is 0 Å². The van der Waals surface area contributed by atoms with Crippen LogP contribution in [0.15, 0.2) is 24.3 Å². The molecule has 21 heavy (non-hydrogen) atoms. The molecule has 4 unspecified atom stereocenters. The van der Waals surface area contributed by atoms with Crippen LogP contribution in [0.25, 0.3) is 0 Å². The van der Waals surface area contributed by atoms with E-state index in [-0.39, 0.29) is 0 Å². The molecule has 0 radical (unpaired) electrons. The molecule has 1 aliphatic heterocycles. The van der Waals surface area contributed by atoms with Crippen LogP contribution in [-0.4, -0.2) is 17.7 Å². The Morgan fingerprint density at radius 1 is 1.29 bits per heavy atom. The SMILES string of the molecule is O=C(O)C1(CC2CCOc3ccccc32)CC2CCC1C2. The zero-order chi connectivity index (χ0) is 14.4. The Hall–Kier alpha value is -1.51. The first-order valence-electron chi connectivity index (χ1n) is 8.14. The number of hydrogen-bond acceptors (Lipinski definition) is 2. The van der Waals surface area contributed by atoms with Crippen molar-refractivity contribution in [1.82, 2.24) is 0 Å². The largest absolute Gasteiger partial charge is 0.493 e. The summed E-state index contributed by atoms with van der Waals surface area (Å²) in [7, 11) is 0. The average molecular weight is 286 g/mol. The van der Waals surface area contributed by atoms with E-state index in [1.165, 1.54) is 12.0 Å². The zero-order valence-electron chi connectivity index (χ0n) is 12.3. The fraction of sp³-hybridized carbons (Fsp3) is 0.611. The molecule has 4 rings (SSSR count). The number of para-hydroxylation sites is 1. The Morgan fingerprint density at radius 2 is 2.14 bits per heavy atom. The number of carboxylic acids is 1. The monoisotopic (exact) mass is 286 g/mol. The van der Waals surface area contributed by atoms with Crippen molar-refractivity contribution in [3.05, 3.63) is 29.8 Å². The van der Waals surface area contributed by atoms with Gasteiger partial charge in [-0.2, -0.15) is 0 Å². The lowest BCUT2D eigenvalue weighted by molar-refractivity contribution is -0.153. The molecule has 2 aliphatic carbocycles. The summed E-state index contributed by atoms with van der Waals surface area (Å²) in [6, 6.07) is 8.15. The van der Waals surface area contributed by atoms with Gasteiger partial charge in [-0.3, -0.25) is 4.79 Å². The third kappa shape index (κ3) is 1.97. The van der Waals surface area contributed by atoms with Crippen molar-refractivity contribution in [3.8, 4) is 5.75 Å². The van der Waals surface area contributed by atoms with E-state index in [0.29, 0.717) is 24.4 Å². The van der Waals surface area contributed by atoms with Crippen LogP contribution in [-0.2, 0) is 4.79 Å². The Labute approximate surface area is 125 Å². The lowest BCUT2D eigenvalue weighted by Gasteiger charge is -2.38. The van der Waals surface area contributed by atoms with Gasteiger partial charge in [0.15, 0.2) is 0 Å². The Bertz CT molecular complexity index is 567. The minimum absolute atomic E-state index is 0.338. The van der Waals surface area contributed by atoms with Gasteiger partial charge in [-0.1, -0.05) is 24.6 Å². The van der Waals surface area contributed by atoms with Gasteiger partial charge in [-0.25, -0.2) is 0 Å². The molecule has 0 amide bonds. The molecule has 112 valence electrons. The van der Waals surface area contributed by atoms with E-state index in [0.717, 1.165) is 37.9 Å². The second kappa shape index (κ2) is 4.75. The fourth-order valence-electron chi connectivity index (χ4n) is 5.11. The van der Waals surface area contributed by atoms with E-state index < -0.39 is 11.4 Å². The molecule has 3 nitrogen and oxygen atoms in total. The average Bonchev–Trinajstić information content (AvgIpc) is 3.09. The van der Waals surface area contributed by atoms with Crippen LogP contribution in [0.1, 0.15) is 50.0 Å². The molecule has 1 aromatic carbocycles. The van der Waals surface area contributed by atoms with E-state index in [9.17, 15) is 9.90 Å². The van der Waals surface area contributed by atoms with Crippen LogP contribution in [0.5, 0.6) is 5.75 Å². The standard InChI is InChI=1S/C18H22O3/c19-17(20)18(10-12-5-6-14(18)9-12)11-13-7-8-21-16-4-2-1-3-15(13)16/h1-4,12-14H,5-11H2,(H,19,20). The Morgan fingerprint density at radius 3 is 2.86 bits per heavy atom. The van der Waals surface area contributed by atoms with Gasteiger partial charge in [0.25, 0.3) is 0 Å². The maximum Gasteiger partial charge on any atom is 0.309 e. The third-order valence-electron chi connectivity index (χ3n) is 6.09. The highest BCUT2D eigenvalue weighted by Gasteiger charge is 2.56. The molecule has 2 fully saturated rings.